The number of benzene rings is 1. The van der Waals surface area contributed by atoms with Gasteiger partial charge in [0, 0.05) is 18.8 Å². The van der Waals surface area contributed by atoms with Crippen LogP contribution in [0, 0.1) is 5.82 Å². The van der Waals surface area contributed by atoms with E-state index in [1.54, 1.807) is 13.0 Å². The van der Waals surface area contributed by atoms with Crippen LogP contribution in [0.15, 0.2) is 18.2 Å². The quantitative estimate of drug-likeness (QED) is 0.757. The highest BCUT2D eigenvalue weighted by molar-refractivity contribution is 5.90. The molecular weight excluding hydrogens is 221 g/mol. The molecule has 1 aliphatic heterocycles. The lowest BCUT2D eigenvalue weighted by Crippen LogP contribution is -2.18. The van der Waals surface area contributed by atoms with Crippen LogP contribution in [0.5, 0.6) is 0 Å². The summed E-state index contributed by atoms with van der Waals surface area (Å²) < 4.78 is 18.5. The molecule has 1 heterocycles. The average molecular weight is 237 g/mol. The third kappa shape index (κ3) is 2.57. The maximum Gasteiger partial charge on any atom is 0.341 e. The van der Waals surface area contributed by atoms with Gasteiger partial charge in [-0.05, 0) is 38.0 Å². The number of nitrogens with zero attached hydrogens (tertiary/aromatic N) is 1. The Kier molecular flexibility index (Phi) is 3.61. The Morgan fingerprint density at radius 1 is 1.41 bits per heavy atom. The van der Waals surface area contributed by atoms with Crippen LogP contribution < -0.4 is 4.90 Å². The number of halogens is 1. The lowest BCUT2D eigenvalue weighted by molar-refractivity contribution is 0.0521. The number of esters is 1. The summed E-state index contributed by atoms with van der Waals surface area (Å²) in [4.78, 5) is 13.5. The van der Waals surface area contributed by atoms with Crippen molar-refractivity contribution in [2.45, 2.75) is 19.8 Å². The minimum Gasteiger partial charge on any atom is -0.462 e. The molecule has 0 atom stereocenters. The van der Waals surface area contributed by atoms with Crippen molar-refractivity contribution in [2.24, 2.45) is 0 Å². The molecule has 1 saturated heterocycles. The van der Waals surface area contributed by atoms with E-state index >= 15 is 0 Å². The number of rotatable bonds is 3. The zero-order valence-corrected chi connectivity index (χ0v) is 9.91. The molecule has 0 saturated carbocycles. The second-order valence-corrected chi connectivity index (χ2v) is 4.08. The molecule has 0 amide bonds. The van der Waals surface area contributed by atoms with Gasteiger partial charge in [-0.3, -0.25) is 0 Å². The van der Waals surface area contributed by atoms with Crippen LogP contribution >= 0.6 is 0 Å². The van der Waals surface area contributed by atoms with Crippen molar-refractivity contribution in [3.05, 3.63) is 29.6 Å². The van der Waals surface area contributed by atoms with E-state index in [0.29, 0.717) is 0 Å². The SMILES string of the molecule is CCOC(=O)c1ccc(N2CCCC2)cc1F. The topological polar surface area (TPSA) is 29.5 Å². The van der Waals surface area contributed by atoms with E-state index in [1.807, 2.05) is 0 Å². The summed E-state index contributed by atoms with van der Waals surface area (Å²) in [7, 11) is 0. The number of hydrogen-bond acceptors (Lipinski definition) is 3. The standard InChI is InChI=1S/C13H16FNO2/c1-2-17-13(16)11-6-5-10(9-12(11)14)15-7-3-4-8-15/h5-6,9H,2-4,7-8H2,1H3. The van der Waals surface area contributed by atoms with Gasteiger partial charge in [0.15, 0.2) is 0 Å². The Labute approximate surface area is 100 Å². The van der Waals surface area contributed by atoms with Crippen molar-refractivity contribution in [1.82, 2.24) is 0 Å². The van der Waals surface area contributed by atoms with E-state index in [-0.39, 0.29) is 12.2 Å². The van der Waals surface area contributed by atoms with Gasteiger partial charge in [-0.1, -0.05) is 0 Å². The first-order chi connectivity index (χ1) is 8.22. The van der Waals surface area contributed by atoms with Crippen LogP contribution in [0.3, 0.4) is 0 Å². The third-order valence-corrected chi connectivity index (χ3v) is 2.92. The fourth-order valence-corrected chi connectivity index (χ4v) is 2.05. The number of carbonyl (C=O) groups is 1. The monoisotopic (exact) mass is 237 g/mol. The highest BCUT2D eigenvalue weighted by atomic mass is 19.1. The molecule has 1 aromatic carbocycles. The summed E-state index contributed by atoms with van der Waals surface area (Å²) in [6.07, 6.45) is 2.28. The maximum atomic E-state index is 13.7. The van der Waals surface area contributed by atoms with Crippen molar-refractivity contribution >= 4 is 11.7 Å². The number of carbonyl (C=O) groups excluding carboxylic acids is 1. The van der Waals surface area contributed by atoms with Gasteiger partial charge in [-0.15, -0.1) is 0 Å². The zero-order valence-electron chi connectivity index (χ0n) is 9.91. The van der Waals surface area contributed by atoms with Crippen molar-refractivity contribution in [1.29, 1.82) is 0 Å². The molecule has 3 nitrogen and oxygen atoms in total. The summed E-state index contributed by atoms with van der Waals surface area (Å²) in [5, 5.41) is 0. The van der Waals surface area contributed by atoms with Gasteiger partial charge in [-0.2, -0.15) is 0 Å². The molecule has 0 N–H and O–H groups in total. The highest BCUT2D eigenvalue weighted by Gasteiger charge is 2.17. The van der Waals surface area contributed by atoms with Crippen LogP contribution in [-0.4, -0.2) is 25.7 Å². The van der Waals surface area contributed by atoms with E-state index in [2.05, 4.69) is 4.90 Å². The molecule has 0 aliphatic carbocycles. The lowest BCUT2D eigenvalue weighted by atomic mass is 10.2. The Hall–Kier alpha value is -1.58. The van der Waals surface area contributed by atoms with E-state index in [0.717, 1.165) is 31.6 Å². The zero-order chi connectivity index (χ0) is 12.3. The summed E-state index contributed by atoms with van der Waals surface area (Å²) in [6.45, 7) is 3.87. The summed E-state index contributed by atoms with van der Waals surface area (Å²) >= 11 is 0. The number of ether oxygens (including phenoxy) is 1. The largest absolute Gasteiger partial charge is 0.462 e. The first-order valence-corrected chi connectivity index (χ1v) is 5.94. The molecule has 17 heavy (non-hydrogen) atoms. The molecule has 1 aromatic rings. The normalized spacial score (nSPS) is 15.1. The van der Waals surface area contributed by atoms with E-state index in [4.69, 9.17) is 4.74 Å². The lowest BCUT2D eigenvalue weighted by Gasteiger charge is -2.17. The molecular formula is C13H16FNO2. The van der Waals surface area contributed by atoms with Crippen LogP contribution in [-0.2, 0) is 4.74 Å². The van der Waals surface area contributed by atoms with Crippen LogP contribution in [0.4, 0.5) is 10.1 Å². The summed E-state index contributed by atoms with van der Waals surface area (Å²) in [5.41, 5.74) is 0.850. The fourth-order valence-electron chi connectivity index (χ4n) is 2.05. The Morgan fingerprint density at radius 2 is 2.12 bits per heavy atom. The molecule has 0 unspecified atom stereocenters. The first kappa shape index (κ1) is 11.9. The molecule has 0 radical (unpaired) electrons. The average Bonchev–Trinajstić information content (AvgIpc) is 2.82. The molecule has 0 aromatic heterocycles. The minimum absolute atomic E-state index is 0.00907. The molecule has 4 heteroatoms. The predicted molar refractivity (Wildman–Crippen MR) is 63.8 cm³/mol. The molecule has 0 bridgehead atoms. The molecule has 0 spiro atoms. The van der Waals surface area contributed by atoms with Crippen molar-refractivity contribution in [2.75, 3.05) is 24.6 Å². The molecule has 92 valence electrons. The molecule has 2 rings (SSSR count). The van der Waals surface area contributed by atoms with Crippen LogP contribution in [0.2, 0.25) is 0 Å². The van der Waals surface area contributed by atoms with Gasteiger partial charge < -0.3 is 9.64 Å². The van der Waals surface area contributed by atoms with E-state index in [1.165, 1.54) is 12.1 Å². The van der Waals surface area contributed by atoms with Gasteiger partial charge in [0.2, 0.25) is 0 Å². The summed E-state index contributed by atoms with van der Waals surface area (Å²) in [6, 6.07) is 4.69. The predicted octanol–water partition coefficient (Wildman–Crippen LogP) is 2.60. The van der Waals surface area contributed by atoms with Gasteiger partial charge >= 0.3 is 5.97 Å². The second-order valence-electron chi connectivity index (χ2n) is 4.08. The fraction of sp³-hybridized carbons (Fsp3) is 0.462. The number of anilines is 1. The highest BCUT2D eigenvalue weighted by Crippen LogP contribution is 2.23. The Bertz CT molecular complexity index is 414. The Morgan fingerprint density at radius 3 is 2.71 bits per heavy atom. The summed E-state index contributed by atoms with van der Waals surface area (Å²) in [5.74, 6) is -1.11. The van der Waals surface area contributed by atoms with Crippen molar-refractivity contribution in [3.63, 3.8) is 0 Å². The smallest absolute Gasteiger partial charge is 0.341 e. The van der Waals surface area contributed by atoms with Crippen molar-refractivity contribution < 1.29 is 13.9 Å². The molecule has 1 fully saturated rings. The molecule has 1 aliphatic rings. The van der Waals surface area contributed by atoms with E-state index < -0.39 is 11.8 Å². The van der Waals surface area contributed by atoms with Gasteiger partial charge in [0.05, 0.1) is 12.2 Å². The van der Waals surface area contributed by atoms with Crippen molar-refractivity contribution in [3.8, 4) is 0 Å². The van der Waals surface area contributed by atoms with Crippen LogP contribution in [0.1, 0.15) is 30.1 Å². The van der Waals surface area contributed by atoms with Gasteiger partial charge in [0.25, 0.3) is 0 Å². The second kappa shape index (κ2) is 5.17. The number of hydrogen-bond donors (Lipinski definition) is 0. The van der Waals surface area contributed by atoms with Gasteiger partial charge in [0.1, 0.15) is 5.82 Å². The Balaban J connectivity index is 2.19. The van der Waals surface area contributed by atoms with Crippen LogP contribution in [0.25, 0.3) is 0 Å². The van der Waals surface area contributed by atoms with Gasteiger partial charge in [-0.25, -0.2) is 9.18 Å². The first-order valence-electron chi connectivity index (χ1n) is 5.94. The maximum absolute atomic E-state index is 13.7. The van der Waals surface area contributed by atoms with E-state index in [9.17, 15) is 9.18 Å². The minimum atomic E-state index is -0.599. The third-order valence-electron chi connectivity index (χ3n) is 2.92.